The molecule has 0 spiro atoms. The maximum atomic E-state index is 6.05. The average molecular weight is 194 g/mol. The SMILES string of the molecule is CC12CC(N)CC1CN(CC1CC1)C2. The number of likely N-dealkylation sites (tertiary alicyclic amines) is 1. The van der Waals surface area contributed by atoms with Crippen molar-refractivity contribution in [2.75, 3.05) is 19.6 Å². The molecule has 14 heavy (non-hydrogen) atoms. The summed E-state index contributed by atoms with van der Waals surface area (Å²) in [5.74, 6) is 1.95. The van der Waals surface area contributed by atoms with Crippen LogP contribution in [-0.2, 0) is 0 Å². The van der Waals surface area contributed by atoms with E-state index in [1.54, 1.807) is 0 Å². The minimum atomic E-state index is 0.494. The topological polar surface area (TPSA) is 29.3 Å². The number of hydrogen-bond donors (Lipinski definition) is 1. The smallest absolute Gasteiger partial charge is 0.00479 e. The first kappa shape index (κ1) is 9.17. The zero-order chi connectivity index (χ0) is 9.76. The Morgan fingerprint density at radius 2 is 2.21 bits per heavy atom. The summed E-state index contributed by atoms with van der Waals surface area (Å²) >= 11 is 0. The summed E-state index contributed by atoms with van der Waals surface area (Å²) in [6, 6.07) is 0.494. The van der Waals surface area contributed by atoms with Crippen LogP contribution in [-0.4, -0.2) is 30.6 Å². The Morgan fingerprint density at radius 1 is 1.43 bits per heavy atom. The van der Waals surface area contributed by atoms with Gasteiger partial charge in [0.25, 0.3) is 0 Å². The molecule has 0 aromatic heterocycles. The van der Waals surface area contributed by atoms with Crippen molar-refractivity contribution in [1.29, 1.82) is 0 Å². The largest absolute Gasteiger partial charge is 0.328 e. The molecule has 3 aliphatic rings. The van der Waals surface area contributed by atoms with Crippen molar-refractivity contribution in [2.24, 2.45) is 23.0 Å². The van der Waals surface area contributed by atoms with Crippen LogP contribution in [0.4, 0.5) is 0 Å². The van der Waals surface area contributed by atoms with E-state index in [1.165, 1.54) is 45.3 Å². The zero-order valence-corrected chi connectivity index (χ0v) is 9.21. The third-order valence-electron chi connectivity index (χ3n) is 4.58. The Balaban J connectivity index is 1.63. The van der Waals surface area contributed by atoms with E-state index in [0.29, 0.717) is 11.5 Å². The fraction of sp³-hybridized carbons (Fsp3) is 1.00. The van der Waals surface area contributed by atoms with Crippen LogP contribution >= 0.6 is 0 Å². The highest BCUT2D eigenvalue weighted by atomic mass is 15.2. The van der Waals surface area contributed by atoms with Gasteiger partial charge in [-0.1, -0.05) is 6.92 Å². The fourth-order valence-corrected chi connectivity index (χ4v) is 3.68. The molecular weight excluding hydrogens is 172 g/mol. The summed E-state index contributed by atoms with van der Waals surface area (Å²) in [6.45, 7) is 6.49. The van der Waals surface area contributed by atoms with E-state index in [4.69, 9.17) is 5.73 Å². The van der Waals surface area contributed by atoms with Gasteiger partial charge in [-0.15, -0.1) is 0 Å². The molecule has 1 heterocycles. The molecule has 3 rings (SSSR count). The Bertz CT molecular complexity index is 236. The predicted molar refractivity (Wildman–Crippen MR) is 58.0 cm³/mol. The van der Waals surface area contributed by atoms with Crippen LogP contribution in [0.3, 0.4) is 0 Å². The van der Waals surface area contributed by atoms with Gasteiger partial charge in [0, 0.05) is 25.7 Å². The summed E-state index contributed by atoms with van der Waals surface area (Å²) < 4.78 is 0. The maximum absolute atomic E-state index is 6.05. The summed E-state index contributed by atoms with van der Waals surface area (Å²) in [4.78, 5) is 2.70. The zero-order valence-electron chi connectivity index (χ0n) is 9.21. The molecule has 2 heteroatoms. The van der Waals surface area contributed by atoms with E-state index < -0.39 is 0 Å². The lowest BCUT2D eigenvalue weighted by molar-refractivity contribution is 0.256. The molecule has 0 aromatic rings. The standard InChI is InChI=1S/C12H22N2/c1-12-5-11(13)4-10(12)7-14(8-12)6-9-2-3-9/h9-11H,2-8,13H2,1H3. The number of hydrogen-bond acceptors (Lipinski definition) is 2. The lowest BCUT2D eigenvalue weighted by Crippen LogP contribution is -2.29. The van der Waals surface area contributed by atoms with Gasteiger partial charge < -0.3 is 10.6 Å². The summed E-state index contributed by atoms with van der Waals surface area (Å²) in [6.07, 6.45) is 5.51. The minimum absolute atomic E-state index is 0.494. The van der Waals surface area contributed by atoms with Gasteiger partial charge in [0.15, 0.2) is 0 Å². The van der Waals surface area contributed by atoms with Crippen molar-refractivity contribution < 1.29 is 0 Å². The summed E-state index contributed by atoms with van der Waals surface area (Å²) in [5, 5.41) is 0. The van der Waals surface area contributed by atoms with E-state index in [-0.39, 0.29) is 0 Å². The molecule has 3 unspecified atom stereocenters. The van der Waals surface area contributed by atoms with Crippen molar-refractivity contribution in [1.82, 2.24) is 4.90 Å². The molecule has 3 atom stereocenters. The number of nitrogens with two attached hydrogens (primary N) is 1. The van der Waals surface area contributed by atoms with Gasteiger partial charge in [-0.2, -0.15) is 0 Å². The third kappa shape index (κ3) is 1.49. The Kier molecular flexibility index (Phi) is 1.94. The van der Waals surface area contributed by atoms with E-state index in [9.17, 15) is 0 Å². The van der Waals surface area contributed by atoms with Crippen LogP contribution in [0.5, 0.6) is 0 Å². The van der Waals surface area contributed by atoms with E-state index in [1.807, 2.05) is 0 Å². The van der Waals surface area contributed by atoms with Crippen LogP contribution in [0.15, 0.2) is 0 Å². The van der Waals surface area contributed by atoms with Gasteiger partial charge in [-0.3, -0.25) is 0 Å². The molecule has 2 aliphatic carbocycles. The van der Waals surface area contributed by atoms with Gasteiger partial charge >= 0.3 is 0 Å². The molecule has 0 aromatic carbocycles. The highest BCUT2D eigenvalue weighted by Crippen LogP contribution is 2.48. The monoisotopic (exact) mass is 194 g/mol. The van der Waals surface area contributed by atoms with Crippen LogP contribution in [0.2, 0.25) is 0 Å². The molecular formula is C12H22N2. The number of rotatable bonds is 2. The lowest BCUT2D eigenvalue weighted by atomic mass is 9.83. The van der Waals surface area contributed by atoms with Crippen molar-refractivity contribution in [3.63, 3.8) is 0 Å². The second kappa shape index (κ2) is 2.96. The van der Waals surface area contributed by atoms with Gasteiger partial charge in [-0.25, -0.2) is 0 Å². The van der Waals surface area contributed by atoms with Crippen LogP contribution in [0, 0.1) is 17.3 Å². The van der Waals surface area contributed by atoms with Gasteiger partial charge in [0.2, 0.25) is 0 Å². The van der Waals surface area contributed by atoms with Crippen molar-refractivity contribution in [2.45, 2.75) is 38.6 Å². The first-order chi connectivity index (χ1) is 6.66. The quantitative estimate of drug-likeness (QED) is 0.721. The Labute approximate surface area is 86.8 Å². The first-order valence-electron chi connectivity index (χ1n) is 6.14. The van der Waals surface area contributed by atoms with Crippen molar-refractivity contribution >= 4 is 0 Å². The normalized spacial score (nSPS) is 48.4. The second-order valence-corrected chi connectivity index (χ2v) is 6.19. The van der Waals surface area contributed by atoms with Crippen molar-refractivity contribution in [3.8, 4) is 0 Å². The number of fused-ring (bicyclic) bond motifs is 1. The number of nitrogens with zero attached hydrogens (tertiary/aromatic N) is 1. The molecule has 2 saturated carbocycles. The molecule has 3 fully saturated rings. The maximum Gasteiger partial charge on any atom is 0.00479 e. The highest BCUT2D eigenvalue weighted by molar-refractivity contribution is 5.02. The minimum Gasteiger partial charge on any atom is -0.328 e. The molecule has 2 nitrogen and oxygen atoms in total. The van der Waals surface area contributed by atoms with E-state index >= 15 is 0 Å². The Morgan fingerprint density at radius 3 is 2.86 bits per heavy atom. The van der Waals surface area contributed by atoms with E-state index in [2.05, 4.69) is 11.8 Å². The van der Waals surface area contributed by atoms with Crippen molar-refractivity contribution in [3.05, 3.63) is 0 Å². The molecule has 1 saturated heterocycles. The third-order valence-corrected chi connectivity index (χ3v) is 4.58. The fourth-order valence-electron chi connectivity index (χ4n) is 3.68. The first-order valence-corrected chi connectivity index (χ1v) is 6.14. The molecule has 1 aliphatic heterocycles. The molecule has 80 valence electrons. The van der Waals surface area contributed by atoms with Crippen LogP contribution in [0.1, 0.15) is 32.6 Å². The van der Waals surface area contributed by atoms with E-state index in [0.717, 1.165) is 11.8 Å². The molecule has 0 radical (unpaired) electrons. The van der Waals surface area contributed by atoms with Gasteiger partial charge in [0.1, 0.15) is 0 Å². The summed E-state index contributed by atoms with van der Waals surface area (Å²) in [5.41, 5.74) is 6.61. The highest BCUT2D eigenvalue weighted by Gasteiger charge is 2.49. The average Bonchev–Trinajstić information content (AvgIpc) is 2.74. The van der Waals surface area contributed by atoms with Crippen LogP contribution < -0.4 is 5.73 Å². The van der Waals surface area contributed by atoms with Crippen LogP contribution in [0.25, 0.3) is 0 Å². The summed E-state index contributed by atoms with van der Waals surface area (Å²) in [7, 11) is 0. The lowest BCUT2D eigenvalue weighted by Gasteiger charge is -2.23. The second-order valence-electron chi connectivity index (χ2n) is 6.19. The molecule has 0 bridgehead atoms. The van der Waals surface area contributed by atoms with Gasteiger partial charge in [-0.05, 0) is 42.9 Å². The predicted octanol–water partition coefficient (Wildman–Crippen LogP) is 1.46. The van der Waals surface area contributed by atoms with Gasteiger partial charge in [0.05, 0.1) is 0 Å². The molecule has 0 amide bonds. The molecule has 2 N–H and O–H groups in total. The Hall–Kier alpha value is -0.0800.